The molecule has 1 aliphatic carbocycles. The van der Waals surface area contributed by atoms with E-state index in [9.17, 15) is 0 Å². The van der Waals surface area contributed by atoms with Crippen molar-refractivity contribution in [3.63, 3.8) is 0 Å². The quantitative estimate of drug-likeness (QED) is 0.540. The first-order valence-corrected chi connectivity index (χ1v) is 4.73. The molecule has 0 amide bonds. The van der Waals surface area contributed by atoms with Crippen LogP contribution in [0.1, 0.15) is 19.3 Å². The van der Waals surface area contributed by atoms with Gasteiger partial charge in [0.2, 0.25) is 0 Å². The fourth-order valence-electron chi connectivity index (χ4n) is 2.61. The Labute approximate surface area is 72.5 Å². The number of hydrogen-bond donors (Lipinski definition) is 0. The lowest BCUT2D eigenvalue weighted by Crippen LogP contribution is -2.45. The predicted molar refractivity (Wildman–Crippen MR) is 46.1 cm³/mol. The van der Waals surface area contributed by atoms with Gasteiger partial charge in [-0.3, -0.25) is 0 Å². The highest BCUT2D eigenvalue weighted by atomic mass is 16.5. The van der Waals surface area contributed by atoms with Crippen LogP contribution in [0.4, 0.5) is 0 Å². The van der Waals surface area contributed by atoms with E-state index >= 15 is 0 Å². The van der Waals surface area contributed by atoms with E-state index in [1.165, 1.54) is 19.3 Å². The van der Waals surface area contributed by atoms with E-state index in [4.69, 9.17) is 4.74 Å². The average Bonchev–Trinajstić information content (AvgIpc) is 2.52. The van der Waals surface area contributed by atoms with Crippen molar-refractivity contribution in [1.82, 2.24) is 4.90 Å². The zero-order valence-corrected chi connectivity index (χ0v) is 7.02. The summed E-state index contributed by atoms with van der Waals surface area (Å²) in [5.41, 5.74) is 0. The Morgan fingerprint density at radius 3 is 3.25 bits per heavy atom. The minimum absolute atomic E-state index is 0.448. The topological polar surface area (TPSA) is 12.5 Å². The first-order chi connectivity index (χ1) is 5.95. The van der Waals surface area contributed by atoms with Gasteiger partial charge in [0.05, 0.1) is 12.3 Å². The summed E-state index contributed by atoms with van der Waals surface area (Å²) in [6, 6.07) is 0.615. The molecule has 2 heteroatoms. The van der Waals surface area contributed by atoms with Crippen molar-refractivity contribution in [2.75, 3.05) is 0 Å². The maximum atomic E-state index is 5.60. The third-order valence-electron chi connectivity index (χ3n) is 3.18. The summed E-state index contributed by atoms with van der Waals surface area (Å²) in [6.45, 7) is 0. The van der Waals surface area contributed by atoms with E-state index < -0.39 is 0 Å². The molecule has 1 fully saturated rings. The van der Waals surface area contributed by atoms with E-state index in [1.54, 1.807) is 0 Å². The smallest absolute Gasteiger partial charge is 0.119 e. The van der Waals surface area contributed by atoms with Crippen molar-refractivity contribution in [1.29, 1.82) is 0 Å². The molecule has 3 unspecified atom stereocenters. The van der Waals surface area contributed by atoms with Gasteiger partial charge in [0.15, 0.2) is 0 Å². The Balaban J connectivity index is 1.95. The largest absolute Gasteiger partial charge is 0.494 e. The first-order valence-electron chi connectivity index (χ1n) is 4.73. The summed E-state index contributed by atoms with van der Waals surface area (Å²) in [5, 5.41) is 0. The molecular weight excluding hydrogens is 150 g/mol. The molecule has 2 heterocycles. The molecule has 0 aromatic heterocycles. The maximum absolute atomic E-state index is 5.60. The second-order valence-electron chi connectivity index (χ2n) is 3.83. The number of hydrogen-bond acceptors (Lipinski definition) is 2. The average molecular weight is 163 g/mol. The van der Waals surface area contributed by atoms with Gasteiger partial charge in [0.1, 0.15) is 6.10 Å². The molecule has 64 valence electrons. The van der Waals surface area contributed by atoms with E-state index in [2.05, 4.69) is 17.2 Å². The van der Waals surface area contributed by atoms with Crippen LogP contribution >= 0.6 is 0 Å². The zero-order valence-electron chi connectivity index (χ0n) is 7.02. The van der Waals surface area contributed by atoms with Crippen LogP contribution in [-0.2, 0) is 4.74 Å². The van der Waals surface area contributed by atoms with Crippen LogP contribution in [0.3, 0.4) is 0 Å². The van der Waals surface area contributed by atoms with E-state index in [0.717, 1.165) is 5.92 Å². The van der Waals surface area contributed by atoms with Gasteiger partial charge < -0.3 is 9.64 Å². The van der Waals surface area contributed by atoms with Crippen LogP contribution in [0.5, 0.6) is 0 Å². The predicted octanol–water partition coefficient (Wildman–Crippen LogP) is 1.85. The number of nitrogens with zero attached hydrogens (tertiary/aromatic N) is 1. The normalized spacial score (nSPS) is 42.7. The molecule has 3 rings (SSSR count). The molecular formula is C10H13NO. The van der Waals surface area contributed by atoms with Gasteiger partial charge in [-0.05, 0) is 19.3 Å². The molecule has 0 saturated heterocycles. The third kappa shape index (κ3) is 0.752. The van der Waals surface area contributed by atoms with Gasteiger partial charge in [-0.1, -0.05) is 6.08 Å². The summed E-state index contributed by atoms with van der Waals surface area (Å²) in [7, 11) is 0. The molecule has 12 heavy (non-hydrogen) atoms. The van der Waals surface area contributed by atoms with Gasteiger partial charge in [-0.2, -0.15) is 0 Å². The van der Waals surface area contributed by atoms with Crippen molar-refractivity contribution in [2.45, 2.75) is 31.4 Å². The minimum Gasteiger partial charge on any atom is -0.494 e. The van der Waals surface area contributed by atoms with Gasteiger partial charge in [0, 0.05) is 18.3 Å². The van der Waals surface area contributed by atoms with E-state index in [0.29, 0.717) is 12.1 Å². The maximum Gasteiger partial charge on any atom is 0.119 e. The van der Waals surface area contributed by atoms with Crippen molar-refractivity contribution in [2.24, 2.45) is 5.92 Å². The van der Waals surface area contributed by atoms with Crippen molar-refractivity contribution in [3.8, 4) is 0 Å². The number of rotatable bonds is 0. The van der Waals surface area contributed by atoms with Gasteiger partial charge in [0.25, 0.3) is 0 Å². The lowest BCUT2D eigenvalue weighted by molar-refractivity contribution is 0.0123. The summed E-state index contributed by atoms with van der Waals surface area (Å²) in [5.74, 6) is 0.744. The monoisotopic (exact) mass is 163 g/mol. The highest BCUT2D eigenvalue weighted by Crippen LogP contribution is 2.37. The van der Waals surface area contributed by atoms with Crippen LogP contribution in [-0.4, -0.2) is 17.0 Å². The van der Waals surface area contributed by atoms with Gasteiger partial charge in [-0.15, -0.1) is 0 Å². The van der Waals surface area contributed by atoms with Crippen molar-refractivity contribution in [3.05, 3.63) is 24.7 Å². The first kappa shape index (κ1) is 6.58. The molecule has 2 nitrogen and oxygen atoms in total. The standard InChI is InChI=1S/C10H13NO/c1-2-8-4-5-11-6-7-12-9(3-1)10(8)11/h4-10H,1-3H2. The highest BCUT2D eigenvalue weighted by molar-refractivity contribution is 5.14. The number of ether oxygens (including phenoxy) is 1. The molecule has 3 aliphatic rings. The minimum atomic E-state index is 0.448. The summed E-state index contributed by atoms with van der Waals surface area (Å²) < 4.78 is 5.60. The Bertz CT molecular complexity index is 246. The lowest BCUT2D eigenvalue weighted by Gasteiger charge is -2.39. The van der Waals surface area contributed by atoms with Gasteiger partial charge >= 0.3 is 0 Å². The Hall–Kier alpha value is -0.920. The molecule has 0 spiro atoms. The Morgan fingerprint density at radius 2 is 2.25 bits per heavy atom. The molecule has 0 N–H and O–H groups in total. The second kappa shape index (κ2) is 2.28. The van der Waals surface area contributed by atoms with Crippen molar-refractivity contribution >= 4 is 0 Å². The molecule has 1 saturated carbocycles. The SMILES string of the molecule is C1=CN2C=CC3CCCC(O1)C32. The molecule has 0 aromatic carbocycles. The second-order valence-corrected chi connectivity index (χ2v) is 3.83. The van der Waals surface area contributed by atoms with Crippen LogP contribution in [0.15, 0.2) is 24.7 Å². The fourth-order valence-corrected chi connectivity index (χ4v) is 2.61. The van der Waals surface area contributed by atoms with Crippen LogP contribution in [0.25, 0.3) is 0 Å². The zero-order chi connectivity index (χ0) is 7.97. The molecule has 0 radical (unpaired) electrons. The Kier molecular flexibility index (Phi) is 1.25. The Morgan fingerprint density at radius 1 is 1.25 bits per heavy atom. The molecule has 2 aliphatic heterocycles. The van der Waals surface area contributed by atoms with Gasteiger partial charge in [-0.25, -0.2) is 0 Å². The summed E-state index contributed by atoms with van der Waals surface area (Å²) >= 11 is 0. The molecule has 0 bridgehead atoms. The van der Waals surface area contributed by atoms with Crippen LogP contribution in [0, 0.1) is 5.92 Å². The van der Waals surface area contributed by atoms with Crippen LogP contribution in [0.2, 0.25) is 0 Å². The van der Waals surface area contributed by atoms with Crippen molar-refractivity contribution < 1.29 is 4.74 Å². The summed E-state index contributed by atoms with van der Waals surface area (Å²) in [4.78, 5) is 2.30. The fraction of sp³-hybridized carbons (Fsp3) is 0.600. The molecule has 3 atom stereocenters. The van der Waals surface area contributed by atoms with E-state index in [1.807, 2.05) is 12.5 Å². The third-order valence-corrected chi connectivity index (χ3v) is 3.18. The lowest BCUT2D eigenvalue weighted by atomic mass is 9.83. The summed E-state index contributed by atoms with van der Waals surface area (Å²) in [6.07, 6.45) is 12.7. The molecule has 0 aromatic rings. The van der Waals surface area contributed by atoms with E-state index in [-0.39, 0.29) is 0 Å². The highest BCUT2D eigenvalue weighted by Gasteiger charge is 2.40. The van der Waals surface area contributed by atoms with Crippen LogP contribution < -0.4 is 0 Å².